The fraction of sp³-hybridized carbons (Fsp3) is 0.400. The van der Waals surface area contributed by atoms with E-state index in [9.17, 15) is 4.79 Å². The summed E-state index contributed by atoms with van der Waals surface area (Å²) in [5.74, 6) is -0.00337. The molecule has 5 nitrogen and oxygen atoms in total. The van der Waals surface area contributed by atoms with Crippen LogP contribution in [0.1, 0.15) is 5.69 Å². The van der Waals surface area contributed by atoms with Crippen molar-refractivity contribution >= 4 is 5.91 Å². The van der Waals surface area contributed by atoms with Gasteiger partial charge in [0.25, 0.3) is 0 Å². The van der Waals surface area contributed by atoms with Gasteiger partial charge in [0.05, 0.1) is 12.9 Å². The average Bonchev–Trinajstić information content (AvgIpc) is 2.71. The van der Waals surface area contributed by atoms with Crippen LogP contribution in [0.25, 0.3) is 0 Å². The van der Waals surface area contributed by atoms with Gasteiger partial charge in [-0.15, -0.1) is 6.58 Å². The normalized spacial score (nSPS) is 9.87. The van der Waals surface area contributed by atoms with Crippen LogP contribution in [0.5, 0.6) is 0 Å². The Bertz CT molecular complexity index is 294. The molecule has 0 spiro atoms. The molecule has 1 amide bonds. The van der Waals surface area contributed by atoms with Crippen molar-refractivity contribution in [3.63, 3.8) is 0 Å². The smallest absolute Gasteiger partial charge is 0.233 e. The number of aromatic amines is 1. The minimum atomic E-state index is -0.00337. The summed E-state index contributed by atoms with van der Waals surface area (Å²) >= 11 is 0. The molecule has 0 aliphatic heterocycles. The molecule has 0 aromatic carbocycles. The van der Waals surface area contributed by atoms with Crippen molar-refractivity contribution in [1.29, 1.82) is 0 Å². The summed E-state index contributed by atoms with van der Waals surface area (Å²) in [7, 11) is 0. The number of hydrogen-bond donors (Lipinski definition) is 3. The minimum absolute atomic E-state index is 0.00337. The van der Waals surface area contributed by atoms with Crippen molar-refractivity contribution < 1.29 is 4.79 Å². The largest absolute Gasteiger partial charge is 0.355 e. The van der Waals surface area contributed by atoms with Crippen LogP contribution in [-0.4, -0.2) is 35.5 Å². The van der Waals surface area contributed by atoms with Crippen LogP contribution in [0.3, 0.4) is 0 Å². The van der Waals surface area contributed by atoms with Crippen molar-refractivity contribution in [2.75, 3.05) is 19.6 Å². The number of H-pyrrole nitrogens is 1. The van der Waals surface area contributed by atoms with Crippen LogP contribution in [-0.2, 0) is 11.2 Å². The molecule has 1 aromatic rings. The molecule has 1 rings (SSSR count). The minimum Gasteiger partial charge on any atom is -0.355 e. The van der Waals surface area contributed by atoms with E-state index in [1.165, 1.54) is 0 Å². The van der Waals surface area contributed by atoms with Gasteiger partial charge < -0.3 is 15.6 Å². The third kappa shape index (κ3) is 4.97. The van der Waals surface area contributed by atoms with Crippen LogP contribution in [0.4, 0.5) is 0 Å². The summed E-state index contributed by atoms with van der Waals surface area (Å²) in [6.07, 6.45) is 5.87. The first-order valence-corrected chi connectivity index (χ1v) is 4.88. The summed E-state index contributed by atoms with van der Waals surface area (Å²) < 4.78 is 0. The molecule has 0 aliphatic rings. The second-order valence-electron chi connectivity index (χ2n) is 3.10. The maximum absolute atomic E-state index is 11.2. The zero-order chi connectivity index (χ0) is 10.9. The molecule has 3 N–H and O–H groups in total. The van der Waals surface area contributed by atoms with Crippen molar-refractivity contribution in [3.05, 3.63) is 30.9 Å². The zero-order valence-electron chi connectivity index (χ0n) is 8.62. The van der Waals surface area contributed by atoms with E-state index in [1.807, 2.05) is 0 Å². The molecule has 0 unspecified atom stereocenters. The molecule has 15 heavy (non-hydrogen) atoms. The van der Waals surface area contributed by atoms with Gasteiger partial charge >= 0.3 is 0 Å². The van der Waals surface area contributed by atoms with Crippen LogP contribution in [0, 0.1) is 0 Å². The summed E-state index contributed by atoms with van der Waals surface area (Å²) in [5, 5.41) is 5.72. The molecule has 82 valence electrons. The molecule has 0 fully saturated rings. The van der Waals surface area contributed by atoms with Crippen LogP contribution in [0.2, 0.25) is 0 Å². The molecule has 0 bridgehead atoms. The van der Waals surface area contributed by atoms with E-state index in [1.54, 1.807) is 18.6 Å². The maximum Gasteiger partial charge on any atom is 0.233 e. The number of carbonyl (C=O) groups is 1. The second-order valence-corrected chi connectivity index (χ2v) is 3.10. The Balaban J connectivity index is 2.04. The van der Waals surface area contributed by atoms with Gasteiger partial charge in [-0.25, -0.2) is 4.98 Å². The molecular weight excluding hydrogens is 192 g/mol. The first-order chi connectivity index (χ1) is 7.33. The highest BCUT2D eigenvalue weighted by Gasteiger charge is 1.99. The van der Waals surface area contributed by atoms with E-state index in [-0.39, 0.29) is 5.91 Å². The van der Waals surface area contributed by atoms with Gasteiger partial charge in [-0.1, -0.05) is 6.08 Å². The Morgan fingerprint density at radius 3 is 3.20 bits per heavy atom. The first kappa shape index (κ1) is 11.5. The van der Waals surface area contributed by atoms with E-state index >= 15 is 0 Å². The van der Waals surface area contributed by atoms with Crippen molar-refractivity contribution in [2.45, 2.75) is 6.42 Å². The van der Waals surface area contributed by atoms with Crippen LogP contribution >= 0.6 is 0 Å². The van der Waals surface area contributed by atoms with E-state index < -0.39 is 0 Å². The molecular formula is C10H16N4O. The summed E-state index contributed by atoms with van der Waals surface area (Å²) in [4.78, 5) is 18.1. The second kappa shape index (κ2) is 6.78. The number of amides is 1. The lowest BCUT2D eigenvalue weighted by Gasteiger charge is -2.04. The summed E-state index contributed by atoms with van der Waals surface area (Å²) in [5.41, 5.74) is 1.02. The lowest BCUT2D eigenvalue weighted by molar-refractivity contribution is -0.120. The Hall–Kier alpha value is -1.62. The van der Waals surface area contributed by atoms with Gasteiger partial charge in [0.15, 0.2) is 0 Å². The maximum atomic E-state index is 11.2. The predicted octanol–water partition coefficient (Wildman–Crippen LogP) is -0.156. The topological polar surface area (TPSA) is 69.8 Å². The van der Waals surface area contributed by atoms with Crippen molar-refractivity contribution in [2.24, 2.45) is 0 Å². The number of imidazole rings is 1. The van der Waals surface area contributed by atoms with Crippen LogP contribution < -0.4 is 10.6 Å². The summed E-state index contributed by atoms with van der Waals surface area (Å²) in [6, 6.07) is 0. The fourth-order valence-corrected chi connectivity index (χ4v) is 1.11. The quantitative estimate of drug-likeness (QED) is 0.431. The third-order valence-corrected chi connectivity index (χ3v) is 1.85. The summed E-state index contributed by atoms with van der Waals surface area (Å²) in [6.45, 7) is 5.15. The van der Waals surface area contributed by atoms with Crippen LogP contribution in [0.15, 0.2) is 25.2 Å². The van der Waals surface area contributed by atoms with E-state index in [0.717, 1.165) is 12.1 Å². The number of carbonyl (C=O) groups excluding carboxylic acids is 1. The van der Waals surface area contributed by atoms with Gasteiger partial charge in [-0.05, 0) is 0 Å². The Kier molecular flexibility index (Phi) is 5.18. The Labute approximate surface area is 89.0 Å². The van der Waals surface area contributed by atoms with Gasteiger partial charge in [-0.3, -0.25) is 4.79 Å². The van der Waals surface area contributed by atoms with Crippen molar-refractivity contribution in [3.8, 4) is 0 Å². The first-order valence-electron chi connectivity index (χ1n) is 4.88. The lowest BCUT2D eigenvalue weighted by atomic mass is 10.3. The van der Waals surface area contributed by atoms with Gasteiger partial charge in [0.1, 0.15) is 0 Å². The standard InChI is InChI=1S/C10H16N4O/c1-2-4-11-7-10(15)13-5-3-9-6-12-8-14-9/h2,6,8,11H,1,3-5,7H2,(H,12,14)(H,13,15). The van der Waals surface area contributed by atoms with E-state index in [4.69, 9.17) is 0 Å². The molecule has 0 saturated heterocycles. The molecule has 1 aromatic heterocycles. The lowest BCUT2D eigenvalue weighted by Crippen LogP contribution is -2.35. The van der Waals surface area contributed by atoms with Gasteiger partial charge in [0, 0.05) is 31.4 Å². The molecule has 1 heterocycles. The van der Waals surface area contributed by atoms with Crippen molar-refractivity contribution in [1.82, 2.24) is 20.6 Å². The number of rotatable bonds is 7. The fourth-order valence-electron chi connectivity index (χ4n) is 1.11. The SMILES string of the molecule is C=CCNCC(=O)NCCc1cnc[nH]1. The zero-order valence-corrected chi connectivity index (χ0v) is 8.62. The van der Waals surface area contributed by atoms with E-state index in [2.05, 4.69) is 27.2 Å². The number of nitrogens with zero attached hydrogens (tertiary/aromatic N) is 1. The van der Waals surface area contributed by atoms with Gasteiger partial charge in [0.2, 0.25) is 5.91 Å². The number of hydrogen-bond acceptors (Lipinski definition) is 3. The highest BCUT2D eigenvalue weighted by molar-refractivity contribution is 5.77. The average molecular weight is 208 g/mol. The highest BCUT2D eigenvalue weighted by atomic mass is 16.1. The predicted molar refractivity (Wildman–Crippen MR) is 58.4 cm³/mol. The third-order valence-electron chi connectivity index (χ3n) is 1.85. The molecule has 0 aliphatic carbocycles. The van der Waals surface area contributed by atoms with Gasteiger partial charge in [-0.2, -0.15) is 0 Å². The molecule has 0 saturated carbocycles. The molecule has 0 atom stereocenters. The Morgan fingerprint density at radius 1 is 1.67 bits per heavy atom. The number of nitrogens with one attached hydrogen (secondary N) is 3. The monoisotopic (exact) mass is 208 g/mol. The number of aromatic nitrogens is 2. The molecule has 0 radical (unpaired) electrons. The highest BCUT2D eigenvalue weighted by Crippen LogP contribution is 1.89. The Morgan fingerprint density at radius 2 is 2.53 bits per heavy atom. The molecule has 5 heteroatoms. The van der Waals surface area contributed by atoms with E-state index in [0.29, 0.717) is 19.6 Å².